The highest BCUT2D eigenvalue weighted by atomic mass is 35.5. The first kappa shape index (κ1) is 20.1. The van der Waals surface area contributed by atoms with Crippen LogP contribution in [0.1, 0.15) is 18.9 Å². The number of ether oxygens (including phenoxy) is 1. The molecule has 7 heteroatoms. The molecule has 0 bridgehead atoms. The van der Waals surface area contributed by atoms with Crippen LogP contribution in [0.5, 0.6) is 0 Å². The summed E-state index contributed by atoms with van der Waals surface area (Å²) in [5.74, 6) is -0.471. The van der Waals surface area contributed by atoms with E-state index in [1.54, 1.807) is 25.0 Å². The first-order valence-electron chi connectivity index (χ1n) is 6.40. The van der Waals surface area contributed by atoms with E-state index in [0.29, 0.717) is 30.3 Å². The first-order valence-corrected chi connectivity index (χ1v) is 6.78. The molecule has 0 saturated heterocycles. The van der Waals surface area contributed by atoms with E-state index >= 15 is 0 Å². The molecule has 1 atom stereocenters. The quantitative estimate of drug-likeness (QED) is 0.831. The minimum Gasteiger partial charge on any atom is -0.383 e. The summed E-state index contributed by atoms with van der Waals surface area (Å²) in [5, 5.41) is 0.306. The van der Waals surface area contributed by atoms with Crippen molar-refractivity contribution in [3.8, 4) is 0 Å². The minimum absolute atomic E-state index is 0. The maximum absolute atomic E-state index is 13.0. The van der Waals surface area contributed by atoms with Crippen LogP contribution in [0.3, 0.4) is 0 Å². The van der Waals surface area contributed by atoms with Gasteiger partial charge in [0, 0.05) is 37.7 Å². The summed E-state index contributed by atoms with van der Waals surface area (Å²) in [6.07, 6.45) is 0.253. The van der Waals surface area contributed by atoms with Crippen molar-refractivity contribution < 1.29 is 13.9 Å². The van der Waals surface area contributed by atoms with Gasteiger partial charge in [-0.25, -0.2) is 4.39 Å². The lowest BCUT2D eigenvalue weighted by atomic mass is 10.1. The van der Waals surface area contributed by atoms with Gasteiger partial charge in [0.15, 0.2) is 0 Å². The van der Waals surface area contributed by atoms with Gasteiger partial charge >= 0.3 is 0 Å². The van der Waals surface area contributed by atoms with Crippen molar-refractivity contribution in [3.63, 3.8) is 0 Å². The van der Waals surface area contributed by atoms with Gasteiger partial charge in [-0.15, -0.1) is 12.4 Å². The smallest absolute Gasteiger partial charge is 0.224 e. The molecule has 1 amide bonds. The first-order chi connectivity index (χ1) is 9.43. The second-order valence-corrected chi connectivity index (χ2v) is 5.13. The zero-order valence-corrected chi connectivity index (χ0v) is 13.7. The van der Waals surface area contributed by atoms with E-state index in [9.17, 15) is 9.18 Å². The number of carbonyl (C=O) groups excluding carboxylic acids is 1. The van der Waals surface area contributed by atoms with Crippen LogP contribution in [0.4, 0.5) is 4.39 Å². The monoisotopic (exact) mass is 338 g/mol. The number of benzene rings is 1. The van der Waals surface area contributed by atoms with Crippen LogP contribution in [0.2, 0.25) is 5.02 Å². The zero-order chi connectivity index (χ0) is 15.1. The van der Waals surface area contributed by atoms with Gasteiger partial charge in [-0.05, 0) is 24.6 Å². The van der Waals surface area contributed by atoms with E-state index < -0.39 is 5.82 Å². The van der Waals surface area contributed by atoms with E-state index in [4.69, 9.17) is 22.1 Å². The molecular weight excluding hydrogens is 318 g/mol. The lowest BCUT2D eigenvalue weighted by Gasteiger charge is -2.24. The number of carbonyl (C=O) groups is 1. The summed E-state index contributed by atoms with van der Waals surface area (Å²) >= 11 is 5.98. The van der Waals surface area contributed by atoms with E-state index in [-0.39, 0.29) is 30.8 Å². The van der Waals surface area contributed by atoms with E-state index in [1.165, 1.54) is 12.1 Å². The molecule has 0 spiro atoms. The highest BCUT2D eigenvalue weighted by Gasteiger charge is 2.16. The molecule has 4 nitrogen and oxygen atoms in total. The third kappa shape index (κ3) is 7.09. The second kappa shape index (κ2) is 9.95. The van der Waals surface area contributed by atoms with Crippen molar-refractivity contribution in [2.24, 2.45) is 5.73 Å². The molecule has 1 rings (SSSR count). The van der Waals surface area contributed by atoms with Crippen molar-refractivity contribution >= 4 is 29.9 Å². The fraction of sp³-hybridized carbons (Fsp3) is 0.500. The second-order valence-electron chi connectivity index (χ2n) is 4.73. The van der Waals surface area contributed by atoms with Gasteiger partial charge in [-0.3, -0.25) is 4.79 Å². The van der Waals surface area contributed by atoms with E-state index in [2.05, 4.69) is 0 Å². The lowest BCUT2D eigenvalue weighted by molar-refractivity contribution is -0.132. The Morgan fingerprint density at radius 3 is 2.71 bits per heavy atom. The highest BCUT2D eigenvalue weighted by molar-refractivity contribution is 6.31. The van der Waals surface area contributed by atoms with Crippen LogP contribution in [0.15, 0.2) is 18.2 Å². The molecule has 1 aromatic rings. The number of amides is 1. The van der Waals surface area contributed by atoms with Crippen LogP contribution in [-0.2, 0) is 16.1 Å². The highest BCUT2D eigenvalue weighted by Crippen LogP contribution is 2.19. The Morgan fingerprint density at radius 2 is 2.19 bits per heavy atom. The molecule has 0 heterocycles. The number of rotatable bonds is 7. The van der Waals surface area contributed by atoms with Crippen molar-refractivity contribution in [1.29, 1.82) is 0 Å². The molecule has 0 saturated carbocycles. The van der Waals surface area contributed by atoms with Crippen LogP contribution in [0.25, 0.3) is 0 Å². The molecule has 0 aliphatic heterocycles. The molecule has 0 fully saturated rings. The van der Waals surface area contributed by atoms with Gasteiger partial charge < -0.3 is 15.4 Å². The van der Waals surface area contributed by atoms with Crippen LogP contribution < -0.4 is 5.73 Å². The SMILES string of the molecule is COCCN(Cc1ccc(F)cc1Cl)C(=O)CC(C)N.Cl. The van der Waals surface area contributed by atoms with Gasteiger partial charge in [0.25, 0.3) is 0 Å². The minimum atomic E-state index is -0.399. The van der Waals surface area contributed by atoms with Crippen molar-refractivity contribution in [2.75, 3.05) is 20.3 Å². The van der Waals surface area contributed by atoms with E-state index in [0.717, 1.165) is 0 Å². The predicted molar refractivity (Wildman–Crippen MR) is 84.2 cm³/mol. The fourth-order valence-electron chi connectivity index (χ4n) is 1.75. The van der Waals surface area contributed by atoms with Crippen molar-refractivity contribution in [3.05, 3.63) is 34.6 Å². The molecule has 0 aliphatic carbocycles. The summed E-state index contributed by atoms with van der Waals surface area (Å²) in [7, 11) is 1.57. The maximum Gasteiger partial charge on any atom is 0.224 e. The molecule has 120 valence electrons. The van der Waals surface area contributed by atoms with Crippen LogP contribution >= 0.6 is 24.0 Å². The Kier molecular flexibility index (Phi) is 9.53. The molecule has 21 heavy (non-hydrogen) atoms. The fourth-order valence-corrected chi connectivity index (χ4v) is 1.98. The van der Waals surface area contributed by atoms with Crippen molar-refractivity contribution in [2.45, 2.75) is 25.9 Å². The van der Waals surface area contributed by atoms with Gasteiger partial charge in [-0.1, -0.05) is 17.7 Å². The Labute approximate surface area is 135 Å². The van der Waals surface area contributed by atoms with Crippen molar-refractivity contribution in [1.82, 2.24) is 4.90 Å². The Bertz CT molecular complexity index is 459. The van der Waals surface area contributed by atoms with Crippen LogP contribution in [0, 0.1) is 5.82 Å². The van der Waals surface area contributed by atoms with Gasteiger partial charge in [0.05, 0.1) is 6.61 Å². The zero-order valence-electron chi connectivity index (χ0n) is 12.1. The topological polar surface area (TPSA) is 55.6 Å². The predicted octanol–water partition coefficient (Wildman–Crippen LogP) is 2.61. The normalized spacial score (nSPS) is 11.7. The van der Waals surface area contributed by atoms with Gasteiger partial charge in [0.2, 0.25) is 5.91 Å². The van der Waals surface area contributed by atoms with Gasteiger partial charge in [0.1, 0.15) is 5.82 Å². The summed E-state index contributed by atoms with van der Waals surface area (Å²) in [4.78, 5) is 13.7. The number of nitrogens with zero attached hydrogens (tertiary/aromatic N) is 1. The Morgan fingerprint density at radius 1 is 1.52 bits per heavy atom. The Balaban J connectivity index is 0.00000400. The molecular formula is C14H21Cl2FN2O2. The summed E-state index contributed by atoms with van der Waals surface area (Å²) in [5.41, 5.74) is 6.35. The molecule has 1 unspecified atom stereocenters. The number of hydrogen-bond acceptors (Lipinski definition) is 3. The number of nitrogens with two attached hydrogens (primary N) is 1. The molecule has 2 N–H and O–H groups in total. The number of hydrogen-bond donors (Lipinski definition) is 1. The molecule has 1 aromatic carbocycles. The maximum atomic E-state index is 13.0. The lowest BCUT2D eigenvalue weighted by Crippen LogP contribution is -2.36. The van der Waals surface area contributed by atoms with Crippen LogP contribution in [-0.4, -0.2) is 37.1 Å². The van der Waals surface area contributed by atoms with Gasteiger partial charge in [-0.2, -0.15) is 0 Å². The average Bonchev–Trinajstić information content (AvgIpc) is 2.35. The largest absolute Gasteiger partial charge is 0.383 e. The number of methoxy groups -OCH3 is 1. The standard InChI is InChI=1S/C14H20ClFN2O2.ClH/c1-10(17)7-14(19)18(5-6-20-2)9-11-3-4-12(16)8-13(11)15;/h3-4,8,10H,5-7,9,17H2,1-2H3;1H. The third-order valence-corrected chi connectivity index (χ3v) is 3.14. The summed E-state index contributed by atoms with van der Waals surface area (Å²) in [6.45, 7) is 2.95. The Hall–Kier alpha value is -0.880. The average molecular weight is 339 g/mol. The van der Waals surface area contributed by atoms with E-state index in [1.807, 2.05) is 0 Å². The molecule has 0 radical (unpaired) electrons. The molecule has 0 aromatic heterocycles. The molecule has 0 aliphatic rings. The third-order valence-electron chi connectivity index (χ3n) is 2.79. The summed E-state index contributed by atoms with van der Waals surface area (Å²) in [6, 6.07) is 3.93. The summed E-state index contributed by atoms with van der Waals surface area (Å²) < 4.78 is 18.0. The number of halogens is 3.